The van der Waals surface area contributed by atoms with E-state index in [-0.39, 0.29) is 11.6 Å². The Kier molecular flexibility index (Phi) is 4.81. The number of aryl methyl sites for hydroxylation is 1. The van der Waals surface area contributed by atoms with Gasteiger partial charge in [-0.1, -0.05) is 48.5 Å². The molecule has 5 heteroatoms. The Labute approximate surface area is 140 Å². The minimum atomic E-state index is -0.272. The fourth-order valence-corrected chi connectivity index (χ4v) is 2.24. The van der Waals surface area contributed by atoms with Crippen molar-refractivity contribution in [2.45, 2.75) is 13.5 Å². The zero-order chi connectivity index (χ0) is 16.8. The number of carbonyl (C=O) groups is 1. The fraction of sp³-hybridized carbons (Fsp3) is 0.105. The molecule has 1 heterocycles. The molecule has 0 saturated heterocycles. The van der Waals surface area contributed by atoms with Crippen LogP contribution in [0.3, 0.4) is 0 Å². The van der Waals surface area contributed by atoms with Crippen LogP contribution in [0.4, 0.5) is 11.5 Å². The monoisotopic (exact) mass is 318 g/mol. The third kappa shape index (κ3) is 3.95. The number of nitrogens with zero attached hydrogens (tertiary/aromatic N) is 2. The van der Waals surface area contributed by atoms with E-state index in [0.717, 1.165) is 16.8 Å². The van der Waals surface area contributed by atoms with Crippen molar-refractivity contribution in [2.75, 3.05) is 10.6 Å². The summed E-state index contributed by atoms with van der Waals surface area (Å²) in [7, 11) is 0. The SMILES string of the molecule is Cc1ccccc1NC(=O)c1ccc(NCc2ccccc2)nn1. The zero-order valence-electron chi connectivity index (χ0n) is 13.4. The van der Waals surface area contributed by atoms with Crippen molar-refractivity contribution in [2.24, 2.45) is 0 Å². The number of anilines is 2. The molecule has 1 aromatic heterocycles. The fourth-order valence-electron chi connectivity index (χ4n) is 2.24. The molecule has 1 amide bonds. The van der Waals surface area contributed by atoms with Crippen LogP contribution in [0.5, 0.6) is 0 Å². The zero-order valence-corrected chi connectivity index (χ0v) is 13.4. The highest BCUT2D eigenvalue weighted by molar-refractivity contribution is 6.03. The van der Waals surface area contributed by atoms with Crippen molar-refractivity contribution >= 4 is 17.4 Å². The van der Waals surface area contributed by atoms with Crippen LogP contribution >= 0.6 is 0 Å². The number of hydrogen-bond acceptors (Lipinski definition) is 4. The van der Waals surface area contributed by atoms with E-state index < -0.39 is 0 Å². The Balaban J connectivity index is 1.61. The summed E-state index contributed by atoms with van der Waals surface area (Å²) in [4.78, 5) is 12.2. The van der Waals surface area contributed by atoms with Crippen LogP contribution < -0.4 is 10.6 Å². The van der Waals surface area contributed by atoms with Crippen LogP contribution in [0.15, 0.2) is 66.7 Å². The van der Waals surface area contributed by atoms with Crippen molar-refractivity contribution in [1.29, 1.82) is 0 Å². The summed E-state index contributed by atoms with van der Waals surface area (Å²) < 4.78 is 0. The number of amides is 1. The second-order valence-electron chi connectivity index (χ2n) is 5.41. The van der Waals surface area contributed by atoms with E-state index in [1.54, 1.807) is 12.1 Å². The van der Waals surface area contributed by atoms with Crippen LogP contribution in [0, 0.1) is 6.92 Å². The number of para-hydroxylation sites is 1. The Morgan fingerprint density at radius 1 is 0.917 bits per heavy atom. The molecule has 0 aliphatic rings. The summed E-state index contributed by atoms with van der Waals surface area (Å²) in [6, 6.07) is 21.0. The van der Waals surface area contributed by atoms with Crippen molar-refractivity contribution in [3.05, 3.63) is 83.6 Å². The Hall–Kier alpha value is -3.21. The first-order chi connectivity index (χ1) is 11.7. The molecule has 0 unspecified atom stereocenters. The maximum atomic E-state index is 12.2. The van der Waals surface area contributed by atoms with Gasteiger partial charge >= 0.3 is 0 Å². The van der Waals surface area contributed by atoms with Gasteiger partial charge in [0.25, 0.3) is 5.91 Å². The van der Waals surface area contributed by atoms with Crippen LogP contribution in [0.2, 0.25) is 0 Å². The van der Waals surface area contributed by atoms with Gasteiger partial charge in [-0.2, -0.15) is 0 Å². The molecule has 0 fully saturated rings. The first-order valence-corrected chi connectivity index (χ1v) is 7.71. The van der Waals surface area contributed by atoms with E-state index in [1.165, 1.54) is 0 Å². The summed E-state index contributed by atoms with van der Waals surface area (Å²) in [5.41, 5.74) is 3.21. The van der Waals surface area contributed by atoms with E-state index in [9.17, 15) is 4.79 Å². The lowest BCUT2D eigenvalue weighted by Crippen LogP contribution is -2.15. The molecule has 2 N–H and O–H groups in total. The molecule has 0 saturated carbocycles. The van der Waals surface area contributed by atoms with E-state index in [4.69, 9.17) is 0 Å². The van der Waals surface area contributed by atoms with Crippen LogP contribution in [-0.4, -0.2) is 16.1 Å². The Morgan fingerprint density at radius 2 is 1.67 bits per heavy atom. The minimum absolute atomic E-state index is 0.272. The number of aromatic nitrogens is 2. The molecular formula is C19H18N4O. The van der Waals surface area contributed by atoms with Gasteiger partial charge in [0.2, 0.25) is 0 Å². The summed E-state index contributed by atoms with van der Waals surface area (Å²) in [5, 5.41) is 14.1. The van der Waals surface area contributed by atoms with Gasteiger partial charge in [0.15, 0.2) is 5.69 Å². The molecule has 0 bridgehead atoms. The normalized spacial score (nSPS) is 10.2. The quantitative estimate of drug-likeness (QED) is 0.753. The second-order valence-corrected chi connectivity index (χ2v) is 5.41. The smallest absolute Gasteiger partial charge is 0.276 e. The highest BCUT2D eigenvalue weighted by atomic mass is 16.1. The van der Waals surface area contributed by atoms with E-state index in [1.807, 2.05) is 61.5 Å². The highest BCUT2D eigenvalue weighted by Crippen LogP contribution is 2.14. The van der Waals surface area contributed by atoms with Gasteiger partial charge in [-0.15, -0.1) is 10.2 Å². The topological polar surface area (TPSA) is 66.9 Å². The lowest BCUT2D eigenvalue weighted by atomic mass is 10.2. The third-order valence-electron chi connectivity index (χ3n) is 3.61. The predicted octanol–water partition coefficient (Wildman–Crippen LogP) is 3.65. The summed E-state index contributed by atoms with van der Waals surface area (Å²) in [5.74, 6) is 0.359. The number of nitrogens with one attached hydrogen (secondary N) is 2. The van der Waals surface area contributed by atoms with Gasteiger partial charge in [0.1, 0.15) is 5.82 Å². The molecule has 120 valence electrons. The number of rotatable bonds is 5. The molecule has 0 aliphatic carbocycles. The summed E-state index contributed by atoms with van der Waals surface area (Å²) in [6.07, 6.45) is 0. The van der Waals surface area contributed by atoms with Gasteiger partial charge in [0.05, 0.1) is 0 Å². The standard InChI is InChI=1S/C19H18N4O/c1-14-7-5-6-10-16(14)21-19(24)17-11-12-18(23-22-17)20-13-15-8-3-2-4-9-15/h2-12H,13H2,1H3,(H,20,23)(H,21,24). The average Bonchev–Trinajstić information content (AvgIpc) is 2.63. The van der Waals surface area contributed by atoms with E-state index >= 15 is 0 Å². The van der Waals surface area contributed by atoms with E-state index in [2.05, 4.69) is 20.8 Å². The van der Waals surface area contributed by atoms with Gasteiger partial charge in [-0.25, -0.2) is 0 Å². The lowest BCUT2D eigenvalue weighted by molar-refractivity contribution is 0.102. The maximum absolute atomic E-state index is 12.2. The van der Waals surface area contributed by atoms with Crippen molar-refractivity contribution in [3.63, 3.8) is 0 Å². The Bertz CT molecular complexity index is 816. The van der Waals surface area contributed by atoms with Crippen LogP contribution in [0.25, 0.3) is 0 Å². The summed E-state index contributed by atoms with van der Waals surface area (Å²) >= 11 is 0. The van der Waals surface area contributed by atoms with Gasteiger partial charge in [-0.3, -0.25) is 4.79 Å². The third-order valence-corrected chi connectivity index (χ3v) is 3.61. The van der Waals surface area contributed by atoms with Gasteiger partial charge < -0.3 is 10.6 Å². The second kappa shape index (κ2) is 7.37. The molecule has 2 aromatic carbocycles. The van der Waals surface area contributed by atoms with Crippen LogP contribution in [0.1, 0.15) is 21.6 Å². The van der Waals surface area contributed by atoms with Crippen molar-refractivity contribution in [3.8, 4) is 0 Å². The Morgan fingerprint density at radius 3 is 2.38 bits per heavy atom. The first kappa shape index (κ1) is 15.7. The van der Waals surface area contributed by atoms with E-state index in [0.29, 0.717) is 12.4 Å². The molecule has 0 aliphatic heterocycles. The molecule has 0 spiro atoms. The minimum Gasteiger partial charge on any atom is -0.365 e. The molecule has 0 atom stereocenters. The van der Waals surface area contributed by atoms with Gasteiger partial charge in [0, 0.05) is 12.2 Å². The number of benzene rings is 2. The largest absolute Gasteiger partial charge is 0.365 e. The predicted molar refractivity (Wildman–Crippen MR) is 94.9 cm³/mol. The highest BCUT2D eigenvalue weighted by Gasteiger charge is 2.09. The molecule has 24 heavy (non-hydrogen) atoms. The molecule has 5 nitrogen and oxygen atoms in total. The first-order valence-electron chi connectivity index (χ1n) is 7.71. The molecular weight excluding hydrogens is 300 g/mol. The van der Waals surface area contributed by atoms with Crippen LogP contribution in [-0.2, 0) is 6.54 Å². The van der Waals surface area contributed by atoms with Gasteiger partial charge in [-0.05, 0) is 36.2 Å². The van der Waals surface area contributed by atoms with Crippen molar-refractivity contribution in [1.82, 2.24) is 10.2 Å². The number of hydrogen-bond donors (Lipinski definition) is 2. The maximum Gasteiger partial charge on any atom is 0.276 e. The molecule has 0 radical (unpaired) electrons. The lowest BCUT2D eigenvalue weighted by Gasteiger charge is -2.08. The number of carbonyl (C=O) groups excluding carboxylic acids is 1. The van der Waals surface area contributed by atoms with Crippen molar-refractivity contribution < 1.29 is 4.79 Å². The average molecular weight is 318 g/mol. The molecule has 3 rings (SSSR count). The summed E-state index contributed by atoms with van der Waals surface area (Å²) in [6.45, 7) is 2.60. The molecule has 3 aromatic rings.